The van der Waals surface area contributed by atoms with Crippen LogP contribution in [0.5, 0.6) is 0 Å². The van der Waals surface area contributed by atoms with Gasteiger partial charge in [0.1, 0.15) is 0 Å². The van der Waals surface area contributed by atoms with E-state index in [4.69, 9.17) is 0 Å². The first-order valence-electron chi connectivity index (χ1n) is 21.3. The maximum absolute atomic E-state index is 2.45. The van der Waals surface area contributed by atoms with Crippen molar-refractivity contribution in [2.24, 2.45) is 0 Å². The number of fused-ring (bicyclic) bond motifs is 8. The Labute approximate surface area is 360 Å². The quantitative estimate of drug-likeness (QED) is 0.146. The molecule has 0 radical (unpaired) electrons. The van der Waals surface area contributed by atoms with Gasteiger partial charge in [0.25, 0.3) is 0 Å². The third-order valence-electron chi connectivity index (χ3n) is 12.5. The van der Waals surface area contributed by atoms with Crippen LogP contribution < -0.4 is 4.90 Å². The second kappa shape index (κ2) is 14.8. The molecule has 0 aliphatic heterocycles. The van der Waals surface area contributed by atoms with Gasteiger partial charge in [-0.3, -0.25) is 0 Å². The fraction of sp³-hybridized carbons (Fsp3) is 0. The zero-order valence-electron chi connectivity index (χ0n) is 34.0. The molecule has 1 aromatic heterocycles. The third-order valence-corrected chi connectivity index (χ3v) is 12.5. The average molecular weight is 789 g/mol. The van der Waals surface area contributed by atoms with Crippen molar-refractivity contribution >= 4 is 71.2 Å². The summed E-state index contributed by atoms with van der Waals surface area (Å²) in [5.74, 6) is 0. The summed E-state index contributed by atoms with van der Waals surface area (Å²) in [4.78, 5) is 2.42. The first-order chi connectivity index (χ1) is 30.8. The summed E-state index contributed by atoms with van der Waals surface area (Å²) in [5, 5.41) is 10.0. The Balaban J connectivity index is 1.05. The lowest BCUT2D eigenvalue weighted by Gasteiger charge is -2.28. The molecule has 0 spiro atoms. The molecular weight excluding hydrogens is 749 g/mol. The van der Waals surface area contributed by atoms with Crippen LogP contribution in [0.3, 0.4) is 0 Å². The second-order valence-corrected chi connectivity index (χ2v) is 16.1. The van der Waals surface area contributed by atoms with Crippen LogP contribution in [0.1, 0.15) is 0 Å². The van der Waals surface area contributed by atoms with Crippen LogP contribution in [0.2, 0.25) is 0 Å². The highest BCUT2D eigenvalue weighted by molar-refractivity contribution is 6.24. The van der Waals surface area contributed by atoms with Gasteiger partial charge in [-0.1, -0.05) is 182 Å². The van der Waals surface area contributed by atoms with E-state index in [1.54, 1.807) is 0 Å². The number of hydrogen-bond acceptors (Lipinski definition) is 1. The molecule has 0 saturated carbocycles. The van der Waals surface area contributed by atoms with Gasteiger partial charge in [0, 0.05) is 38.8 Å². The Hall–Kier alpha value is -8.20. The van der Waals surface area contributed by atoms with Crippen molar-refractivity contribution < 1.29 is 0 Å². The Kier molecular flexibility index (Phi) is 8.53. The SMILES string of the molecule is c1ccc(-c2ccccc2N(c2ccc(-c3ccc4c(ccc5ccccc54)c3)cc2)c2cccc(-c3cc4ccccc4c4c3c3ccccc3n4-c3ccccc3)c2)cc1. The molecule has 2 nitrogen and oxygen atoms in total. The van der Waals surface area contributed by atoms with Gasteiger partial charge in [0.15, 0.2) is 0 Å². The van der Waals surface area contributed by atoms with E-state index in [0.29, 0.717) is 0 Å². The highest BCUT2D eigenvalue weighted by Gasteiger charge is 2.22. The van der Waals surface area contributed by atoms with Crippen molar-refractivity contribution in [1.29, 1.82) is 0 Å². The molecule has 0 N–H and O–H groups in total. The summed E-state index contributed by atoms with van der Waals surface area (Å²) in [6.07, 6.45) is 0. The summed E-state index contributed by atoms with van der Waals surface area (Å²) < 4.78 is 2.45. The van der Waals surface area contributed by atoms with Gasteiger partial charge in [-0.05, 0) is 115 Å². The second-order valence-electron chi connectivity index (χ2n) is 16.1. The molecule has 11 aromatic carbocycles. The van der Waals surface area contributed by atoms with E-state index in [2.05, 4.69) is 252 Å². The van der Waals surface area contributed by atoms with Gasteiger partial charge < -0.3 is 9.47 Å². The minimum atomic E-state index is 1.09. The van der Waals surface area contributed by atoms with Gasteiger partial charge >= 0.3 is 0 Å². The van der Waals surface area contributed by atoms with Gasteiger partial charge in [0.05, 0.1) is 16.7 Å². The number of aromatic nitrogens is 1. The summed E-state index contributed by atoms with van der Waals surface area (Å²) in [6.45, 7) is 0. The van der Waals surface area contributed by atoms with Crippen LogP contribution in [0.25, 0.3) is 93.2 Å². The third kappa shape index (κ3) is 5.96. The maximum Gasteiger partial charge on any atom is 0.0625 e. The summed E-state index contributed by atoms with van der Waals surface area (Å²) in [6, 6.07) is 88.5. The monoisotopic (exact) mass is 788 g/mol. The Morgan fingerprint density at radius 1 is 0.306 bits per heavy atom. The molecule has 0 aliphatic rings. The molecule has 0 saturated heterocycles. The molecule has 0 unspecified atom stereocenters. The van der Waals surface area contributed by atoms with E-state index in [1.807, 2.05) is 0 Å². The molecule has 0 amide bonds. The Morgan fingerprint density at radius 3 is 1.76 bits per heavy atom. The molecule has 0 aliphatic carbocycles. The van der Waals surface area contributed by atoms with Crippen molar-refractivity contribution in [3.05, 3.63) is 243 Å². The van der Waals surface area contributed by atoms with Crippen LogP contribution in [-0.4, -0.2) is 4.57 Å². The zero-order chi connectivity index (χ0) is 41.0. The van der Waals surface area contributed by atoms with Crippen molar-refractivity contribution in [2.75, 3.05) is 4.90 Å². The van der Waals surface area contributed by atoms with Gasteiger partial charge in [-0.2, -0.15) is 0 Å². The predicted octanol–water partition coefficient (Wildman–Crippen LogP) is 16.7. The number of nitrogens with zero attached hydrogens (tertiary/aromatic N) is 2. The van der Waals surface area contributed by atoms with Gasteiger partial charge in [0.2, 0.25) is 0 Å². The molecule has 12 rings (SSSR count). The average Bonchev–Trinajstić information content (AvgIpc) is 3.70. The maximum atomic E-state index is 2.45. The topological polar surface area (TPSA) is 8.17 Å². The molecule has 290 valence electrons. The number of para-hydroxylation sites is 3. The molecule has 1 heterocycles. The summed E-state index contributed by atoms with van der Waals surface area (Å²) in [7, 11) is 0. The zero-order valence-corrected chi connectivity index (χ0v) is 34.0. The fourth-order valence-electron chi connectivity index (χ4n) is 9.67. The summed E-state index contributed by atoms with van der Waals surface area (Å²) in [5.41, 5.74) is 14.0. The standard InChI is InChI=1S/C60H40N2/c1-3-16-42(17-4-1)53-25-11-13-28-57(53)61(49-35-32-41(33-36-49)44-34-37-52-47(38-44)31-30-43-18-7-9-24-51(43)52)50-23-15-20-45(39-50)56-40-46-19-8-10-26-54(46)60-59(56)55-27-12-14-29-58(55)62(60)48-21-5-2-6-22-48/h1-40H. The number of anilines is 3. The van der Waals surface area contributed by atoms with Crippen LogP contribution in [0.4, 0.5) is 17.1 Å². The first kappa shape index (κ1) is 35.7. The van der Waals surface area contributed by atoms with E-state index < -0.39 is 0 Å². The molecule has 12 aromatic rings. The van der Waals surface area contributed by atoms with Crippen molar-refractivity contribution in [1.82, 2.24) is 4.57 Å². The van der Waals surface area contributed by atoms with E-state index >= 15 is 0 Å². The number of benzene rings is 11. The summed E-state index contributed by atoms with van der Waals surface area (Å²) >= 11 is 0. The van der Waals surface area contributed by atoms with E-state index in [-0.39, 0.29) is 0 Å². The van der Waals surface area contributed by atoms with E-state index in [9.17, 15) is 0 Å². The lowest BCUT2D eigenvalue weighted by atomic mass is 9.94. The molecule has 2 heteroatoms. The number of hydrogen-bond donors (Lipinski definition) is 0. The molecule has 0 fully saturated rings. The van der Waals surface area contributed by atoms with Crippen molar-refractivity contribution in [2.45, 2.75) is 0 Å². The largest absolute Gasteiger partial charge is 0.310 e. The molecule has 0 bridgehead atoms. The number of rotatable bonds is 7. The van der Waals surface area contributed by atoms with Crippen molar-refractivity contribution in [3.63, 3.8) is 0 Å². The fourth-order valence-corrected chi connectivity index (χ4v) is 9.67. The van der Waals surface area contributed by atoms with Gasteiger partial charge in [-0.15, -0.1) is 0 Å². The van der Waals surface area contributed by atoms with E-state index in [1.165, 1.54) is 81.9 Å². The molecule has 0 atom stereocenters. The normalized spacial score (nSPS) is 11.5. The lowest BCUT2D eigenvalue weighted by Crippen LogP contribution is -2.11. The van der Waals surface area contributed by atoms with Crippen molar-refractivity contribution in [3.8, 4) is 39.1 Å². The predicted molar refractivity (Wildman–Crippen MR) is 264 cm³/mol. The van der Waals surface area contributed by atoms with E-state index in [0.717, 1.165) is 28.3 Å². The first-order valence-corrected chi connectivity index (χ1v) is 21.3. The highest BCUT2D eigenvalue weighted by atomic mass is 15.1. The molecule has 62 heavy (non-hydrogen) atoms. The lowest BCUT2D eigenvalue weighted by molar-refractivity contribution is 1.19. The van der Waals surface area contributed by atoms with Crippen LogP contribution in [0.15, 0.2) is 243 Å². The van der Waals surface area contributed by atoms with Crippen LogP contribution >= 0.6 is 0 Å². The Bertz CT molecular complexity index is 3620. The minimum Gasteiger partial charge on any atom is -0.310 e. The van der Waals surface area contributed by atoms with Crippen LogP contribution in [-0.2, 0) is 0 Å². The Morgan fingerprint density at radius 2 is 0.919 bits per heavy atom. The minimum absolute atomic E-state index is 1.09. The highest BCUT2D eigenvalue weighted by Crippen LogP contribution is 2.46. The smallest absolute Gasteiger partial charge is 0.0625 e. The molecular formula is C60H40N2. The van der Waals surface area contributed by atoms with Gasteiger partial charge in [-0.25, -0.2) is 0 Å². The van der Waals surface area contributed by atoms with Crippen LogP contribution in [0, 0.1) is 0 Å².